The molecule has 0 spiro atoms. The van der Waals surface area contributed by atoms with Crippen molar-refractivity contribution < 1.29 is 13.9 Å². The summed E-state index contributed by atoms with van der Waals surface area (Å²) in [5.41, 5.74) is 0. The molecule has 0 fully saturated rings. The molecule has 1 heterocycles. The van der Waals surface area contributed by atoms with Gasteiger partial charge < -0.3 is 9.64 Å². The molecule has 0 aromatic carbocycles. The predicted molar refractivity (Wildman–Crippen MR) is 46.5 cm³/mol. The van der Waals surface area contributed by atoms with E-state index in [-0.39, 0.29) is 0 Å². The maximum Gasteiger partial charge on any atom is 0.364 e. The molecule has 0 aliphatic carbocycles. The summed E-state index contributed by atoms with van der Waals surface area (Å²) in [5, 5.41) is 0. The normalized spacial score (nSPS) is 19.8. The van der Waals surface area contributed by atoms with Crippen LogP contribution in [0.3, 0.4) is 0 Å². The zero-order valence-corrected chi connectivity index (χ0v) is 7.66. The lowest BCUT2D eigenvalue weighted by atomic mass is 10.2. The number of alkyl halides is 1. The highest BCUT2D eigenvalue weighted by atomic mass is 19.1. The number of esters is 1. The van der Waals surface area contributed by atoms with Crippen LogP contribution in [0.4, 0.5) is 4.39 Å². The molecular weight excluding hydrogens is 173 g/mol. The van der Waals surface area contributed by atoms with Gasteiger partial charge in [0, 0.05) is 12.7 Å². The minimum Gasteiger partial charge on any atom is -0.465 e. The van der Waals surface area contributed by atoms with Crippen LogP contribution in [0.25, 0.3) is 0 Å². The quantitative estimate of drug-likeness (QED) is 0.478. The Morgan fingerprint density at radius 2 is 2.31 bits per heavy atom. The SMILES string of the molecule is COC(=O)C(C)(F)N1C=CC=CC1. The number of carbonyl (C=O) groups is 1. The number of hydrogen-bond acceptors (Lipinski definition) is 3. The maximum absolute atomic E-state index is 13.7. The van der Waals surface area contributed by atoms with Gasteiger partial charge in [-0.3, -0.25) is 0 Å². The van der Waals surface area contributed by atoms with Gasteiger partial charge >= 0.3 is 5.97 Å². The Bertz CT molecular complexity index is 258. The van der Waals surface area contributed by atoms with Crippen LogP contribution in [-0.4, -0.2) is 30.3 Å². The average Bonchev–Trinajstić information content (AvgIpc) is 2.18. The van der Waals surface area contributed by atoms with Gasteiger partial charge in [-0.15, -0.1) is 0 Å². The van der Waals surface area contributed by atoms with Gasteiger partial charge in [-0.25, -0.2) is 9.18 Å². The molecule has 0 saturated carbocycles. The van der Waals surface area contributed by atoms with Crippen LogP contribution in [0, 0.1) is 0 Å². The first kappa shape index (κ1) is 9.77. The molecule has 0 aromatic rings. The molecule has 3 nitrogen and oxygen atoms in total. The lowest BCUT2D eigenvalue weighted by Gasteiger charge is -2.31. The summed E-state index contributed by atoms with van der Waals surface area (Å²) in [7, 11) is 1.17. The summed E-state index contributed by atoms with van der Waals surface area (Å²) in [6, 6.07) is 0. The standard InChI is InChI=1S/C9H12FNO2/c1-9(10,8(12)13-2)11-6-4-3-5-7-11/h3-6H,7H2,1-2H3. The topological polar surface area (TPSA) is 29.5 Å². The fourth-order valence-electron chi connectivity index (χ4n) is 1.08. The van der Waals surface area contributed by atoms with Gasteiger partial charge in [-0.1, -0.05) is 12.2 Å². The van der Waals surface area contributed by atoms with Crippen molar-refractivity contribution in [1.82, 2.24) is 4.90 Å². The molecule has 0 amide bonds. The van der Waals surface area contributed by atoms with E-state index in [2.05, 4.69) is 4.74 Å². The smallest absolute Gasteiger partial charge is 0.364 e. The largest absolute Gasteiger partial charge is 0.465 e. The number of ether oxygens (including phenoxy) is 1. The Morgan fingerprint density at radius 3 is 2.77 bits per heavy atom. The highest BCUT2D eigenvalue weighted by Gasteiger charge is 2.39. The molecule has 1 rings (SSSR count). The monoisotopic (exact) mass is 185 g/mol. The third kappa shape index (κ3) is 1.88. The number of carbonyl (C=O) groups excluding carboxylic acids is 1. The van der Waals surface area contributed by atoms with E-state index in [4.69, 9.17) is 0 Å². The Hall–Kier alpha value is -1.32. The van der Waals surface area contributed by atoms with Crippen LogP contribution < -0.4 is 0 Å². The van der Waals surface area contributed by atoms with Gasteiger partial charge in [0.2, 0.25) is 0 Å². The van der Waals surface area contributed by atoms with E-state index in [9.17, 15) is 9.18 Å². The van der Waals surface area contributed by atoms with E-state index >= 15 is 0 Å². The van der Waals surface area contributed by atoms with Crippen LogP contribution in [0.1, 0.15) is 6.92 Å². The molecule has 1 unspecified atom stereocenters. The molecule has 4 heteroatoms. The number of methoxy groups -OCH3 is 1. The second-order valence-corrected chi connectivity index (χ2v) is 2.87. The highest BCUT2D eigenvalue weighted by Crippen LogP contribution is 2.20. The molecule has 1 aliphatic heterocycles. The van der Waals surface area contributed by atoms with Crippen molar-refractivity contribution in [2.75, 3.05) is 13.7 Å². The molecule has 0 N–H and O–H groups in total. The Kier molecular flexibility index (Phi) is 2.70. The van der Waals surface area contributed by atoms with Crippen LogP contribution in [-0.2, 0) is 9.53 Å². The molecule has 0 aromatic heterocycles. The second-order valence-electron chi connectivity index (χ2n) is 2.87. The lowest BCUT2D eigenvalue weighted by molar-refractivity contribution is -0.163. The number of rotatable bonds is 2. The van der Waals surface area contributed by atoms with Crippen molar-refractivity contribution in [3.8, 4) is 0 Å². The van der Waals surface area contributed by atoms with E-state index in [1.54, 1.807) is 18.2 Å². The first-order valence-corrected chi connectivity index (χ1v) is 3.96. The molecular formula is C9H12FNO2. The zero-order valence-electron chi connectivity index (χ0n) is 7.66. The fraction of sp³-hybridized carbons (Fsp3) is 0.444. The molecule has 1 atom stereocenters. The molecule has 0 radical (unpaired) electrons. The van der Waals surface area contributed by atoms with E-state index in [0.29, 0.717) is 6.54 Å². The predicted octanol–water partition coefficient (Wildman–Crippen LogP) is 1.23. The van der Waals surface area contributed by atoms with Crippen LogP contribution >= 0.6 is 0 Å². The lowest BCUT2D eigenvalue weighted by Crippen LogP contribution is -2.47. The summed E-state index contributed by atoms with van der Waals surface area (Å²) < 4.78 is 18.1. The first-order chi connectivity index (χ1) is 6.09. The number of nitrogens with zero attached hydrogens (tertiary/aromatic N) is 1. The highest BCUT2D eigenvalue weighted by molar-refractivity contribution is 5.78. The van der Waals surface area contributed by atoms with Crippen molar-refractivity contribution in [2.24, 2.45) is 0 Å². The van der Waals surface area contributed by atoms with Gasteiger partial charge in [-0.2, -0.15) is 0 Å². The number of halogens is 1. The minimum atomic E-state index is -2.09. The van der Waals surface area contributed by atoms with Crippen LogP contribution in [0.2, 0.25) is 0 Å². The molecule has 0 saturated heterocycles. The fourth-order valence-corrected chi connectivity index (χ4v) is 1.08. The maximum atomic E-state index is 13.7. The van der Waals surface area contributed by atoms with E-state index in [0.717, 1.165) is 0 Å². The molecule has 1 aliphatic rings. The second kappa shape index (κ2) is 3.60. The first-order valence-electron chi connectivity index (χ1n) is 3.96. The minimum absolute atomic E-state index is 0.374. The van der Waals surface area contributed by atoms with E-state index in [1.165, 1.54) is 25.1 Å². The third-order valence-electron chi connectivity index (χ3n) is 1.91. The third-order valence-corrected chi connectivity index (χ3v) is 1.91. The average molecular weight is 185 g/mol. The van der Waals surface area contributed by atoms with E-state index in [1.807, 2.05) is 0 Å². The Labute approximate surface area is 76.5 Å². The van der Waals surface area contributed by atoms with Gasteiger partial charge in [-0.05, 0) is 13.0 Å². The van der Waals surface area contributed by atoms with Crippen molar-refractivity contribution in [1.29, 1.82) is 0 Å². The molecule has 72 valence electrons. The van der Waals surface area contributed by atoms with Crippen molar-refractivity contribution in [3.63, 3.8) is 0 Å². The summed E-state index contributed by atoms with van der Waals surface area (Å²) in [6.07, 6.45) is 6.76. The number of allylic oxidation sites excluding steroid dienone is 2. The summed E-state index contributed by atoms with van der Waals surface area (Å²) >= 11 is 0. The van der Waals surface area contributed by atoms with Crippen molar-refractivity contribution in [2.45, 2.75) is 12.7 Å². The van der Waals surface area contributed by atoms with Crippen molar-refractivity contribution in [3.05, 3.63) is 24.4 Å². The van der Waals surface area contributed by atoms with Gasteiger partial charge in [0.15, 0.2) is 0 Å². The van der Waals surface area contributed by atoms with Gasteiger partial charge in [0.25, 0.3) is 5.79 Å². The summed E-state index contributed by atoms with van der Waals surface area (Å²) in [4.78, 5) is 12.3. The van der Waals surface area contributed by atoms with Gasteiger partial charge in [0.1, 0.15) is 0 Å². The Morgan fingerprint density at radius 1 is 1.62 bits per heavy atom. The summed E-state index contributed by atoms with van der Waals surface area (Å²) in [5.74, 6) is -2.97. The summed E-state index contributed by atoms with van der Waals surface area (Å²) in [6.45, 7) is 1.56. The van der Waals surface area contributed by atoms with Crippen LogP contribution in [0.15, 0.2) is 24.4 Å². The van der Waals surface area contributed by atoms with Crippen molar-refractivity contribution >= 4 is 5.97 Å². The van der Waals surface area contributed by atoms with Gasteiger partial charge in [0.05, 0.1) is 7.11 Å². The number of hydrogen-bond donors (Lipinski definition) is 0. The van der Waals surface area contributed by atoms with Crippen LogP contribution in [0.5, 0.6) is 0 Å². The Balaban J connectivity index is 2.74. The van der Waals surface area contributed by atoms with E-state index < -0.39 is 11.8 Å². The zero-order chi connectivity index (χ0) is 9.90. The molecule has 13 heavy (non-hydrogen) atoms. The molecule has 0 bridgehead atoms.